The number of likely N-dealkylation sites (tertiary alicyclic amines) is 1. The van der Waals surface area contributed by atoms with E-state index in [-0.39, 0.29) is 0 Å². The molecule has 2 saturated carbocycles. The number of sulfonamides is 1. The molecular weight excluding hydrogens is 448 g/mol. The zero-order valence-corrected chi connectivity index (χ0v) is 20.4. The first-order chi connectivity index (χ1) is 16.5. The first kappa shape index (κ1) is 23.4. The van der Waals surface area contributed by atoms with E-state index in [0.29, 0.717) is 30.8 Å². The number of nitrogens with one attached hydrogen (secondary N) is 1. The van der Waals surface area contributed by atoms with Crippen LogP contribution < -0.4 is 9.46 Å². The smallest absolute Gasteiger partial charge is 0.264 e. The molecule has 6 nitrogen and oxygen atoms in total. The summed E-state index contributed by atoms with van der Waals surface area (Å²) >= 11 is 0. The summed E-state index contributed by atoms with van der Waals surface area (Å²) in [5.41, 5.74) is 1.84. The largest absolute Gasteiger partial charge is 0.492 e. The lowest BCUT2D eigenvalue weighted by Crippen LogP contribution is -2.36. The Kier molecular flexibility index (Phi) is 6.93. The van der Waals surface area contributed by atoms with Crippen molar-refractivity contribution in [2.45, 2.75) is 49.7 Å². The van der Waals surface area contributed by atoms with Crippen molar-refractivity contribution in [1.29, 1.82) is 0 Å². The van der Waals surface area contributed by atoms with E-state index in [1.54, 1.807) is 24.3 Å². The third-order valence-corrected chi connectivity index (χ3v) is 9.30. The van der Waals surface area contributed by atoms with Crippen molar-refractivity contribution in [2.75, 3.05) is 26.2 Å². The maximum atomic E-state index is 12.2. The van der Waals surface area contributed by atoms with Gasteiger partial charge >= 0.3 is 0 Å². The molecule has 0 aromatic heterocycles. The average Bonchev–Trinajstić information content (AvgIpc) is 3.76. The van der Waals surface area contributed by atoms with Crippen LogP contribution in [0.5, 0.6) is 5.75 Å². The van der Waals surface area contributed by atoms with Gasteiger partial charge in [-0.15, -0.1) is 0 Å². The number of carbonyl (C=O) groups is 1. The molecule has 1 aliphatic heterocycles. The van der Waals surface area contributed by atoms with Crippen LogP contribution in [0.25, 0.3) is 0 Å². The zero-order chi connectivity index (χ0) is 23.5. The summed E-state index contributed by atoms with van der Waals surface area (Å²) in [6.07, 6.45) is 6.52. The number of nitrogens with zero attached hydrogens (tertiary/aromatic N) is 1. The first-order valence-corrected chi connectivity index (χ1v) is 14.1. The monoisotopic (exact) mass is 482 g/mol. The fraction of sp³-hybridized carbons (Fsp3) is 0.519. The van der Waals surface area contributed by atoms with Crippen molar-refractivity contribution in [1.82, 2.24) is 9.62 Å². The highest BCUT2D eigenvalue weighted by Crippen LogP contribution is 2.51. The lowest BCUT2D eigenvalue weighted by atomic mass is 9.90. The van der Waals surface area contributed by atoms with Gasteiger partial charge in [0, 0.05) is 12.1 Å². The molecule has 7 heteroatoms. The molecule has 1 heterocycles. The first-order valence-electron chi connectivity index (χ1n) is 12.5. The molecule has 2 aliphatic carbocycles. The number of piperidine rings is 1. The lowest BCUT2D eigenvalue weighted by Gasteiger charge is -2.32. The Morgan fingerprint density at radius 2 is 1.68 bits per heavy atom. The van der Waals surface area contributed by atoms with Gasteiger partial charge in [-0.2, -0.15) is 0 Å². The normalized spacial score (nSPS) is 23.4. The molecule has 3 aliphatic rings. The van der Waals surface area contributed by atoms with Gasteiger partial charge < -0.3 is 4.74 Å². The van der Waals surface area contributed by atoms with Crippen molar-refractivity contribution >= 4 is 15.9 Å². The number of amides is 1. The van der Waals surface area contributed by atoms with Gasteiger partial charge in [-0.25, -0.2) is 13.1 Å². The molecule has 3 fully saturated rings. The van der Waals surface area contributed by atoms with Gasteiger partial charge in [-0.1, -0.05) is 30.3 Å². The van der Waals surface area contributed by atoms with Crippen molar-refractivity contribution in [3.8, 4) is 5.75 Å². The van der Waals surface area contributed by atoms with Crippen LogP contribution in [0.3, 0.4) is 0 Å². The predicted molar refractivity (Wildman–Crippen MR) is 132 cm³/mol. The Hall–Kier alpha value is -2.38. The summed E-state index contributed by atoms with van der Waals surface area (Å²) in [7, 11) is -3.53. The molecule has 2 aromatic rings. The van der Waals surface area contributed by atoms with Crippen molar-refractivity contribution in [3.05, 3.63) is 65.7 Å². The van der Waals surface area contributed by atoms with Crippen LogP contribution in [-0.2, 0) is 10.0 Å². The van der Waals surface area contributed by atoms with Gasteiger partial charge in [-0.3, -0.25) is 9.69 Å². The third-order valence-electron chi connectivity index (χ3n) is 7.48. The lowest BCUT2D eigenvalue weighted by molar-refractivity contribution is 0.0981. The molecule has 1 saturated heterocycles. The molecule has 34 heavy (non-hydrogen) atoms. The highest BCUT2D eigenvalue weighted by molar-refractivity contribution is 7.91. The predicted octanol–water partition coefficient (Wildman–Crippen LogP) is 4.19. The molecule has 1 N–H and O–H groups in total. The summed E-state index contributed by atoms with van der Waals surface area (Å²) in [5, 5.41) is -0.413. The minimum absolute atomic E-state index is 0.323. The van der Waals surface area contributed by atoms with Crippen molar-refractivity contribution < 1.29 is 17.9 Å². The van der Waals surface area contributed by atoms with Crippen LogP contribution in [0.15, 0.2) is 54.6 Å². The van der Waals surface area contributed by atoms with E-state index in [1.165, 1.54) is 31.2 Å². The molecule has 0 bridgehead atoms. The molecule has 0 radical (unpaired) electrons. The van der Waals surface area contributed by atoms with Gasteiger partial charge in [0.1, 0.15) is 12.4 Å². The maximum absolute atomic E-state index is 12.2. The van der Waals surface area contributed by atoms with Gasteiger partial charge in [0.25, 0.3) is 5.91 Å². The summed E-state index contributed by atoms with van der Waals surface area (Å²) in [6, 6.07) is 17.6. The minimum Gasteiger partial charge on any atom is -0.492 e. The van der Waals surface area contributed by atoms with Gasteiger partial charge in [0.05, 0.1) is 5.25 Å². The number of rotatable bonds is 10. The standard InChI is InChI=1S/C27H34N2O4S/c30-27(28-34(31,32)25-10-11-25)22-6-8-24(9-7-22)33-17-16-29-14-12-20(13-15-29)18-23-19-26(23)21-4-2-1-3-5-21/h1-9,20,23,25-26H,10-19H2,(H,28,30)/t23-,26+/m1/s1. The van der Waals surface area contributed by atoms with E-state index >= 15 is 0 Å². The molecular formula is C27H34N2O4S. The van der Waals surface area contributed by atoms with Crippen LogP contribution in [0.2, 0.25) is 0 Å². The highest BCUT2D eigenvalue weighted by atomic mass is 32.2. The van der Waals surface area contributed by atoms with Gasteiger partial charge in [0.2, 0.25) is 10.0 Å². The molecule has 2 aromatic carbocycles. The number of hydrogen-bond acceptors (Lipinski definition) is 5. The van der Waals surface area contributed by atoms with E-state index in [2.05, 4.69) is 40.0 Å². The SMILES string of the molecule is O=C(NS(=O)(=O)C1CC1)c1ccc(OCCN2CCC(C[C@@H]3C[C@H]3c3ccccc3)CC2)cc1. The molecule has 1 amide bonds. The Balaban J connectivity index is 0.987. The van der Waals surface area contributed by atoms with Crippen LogP contribution in [0.1, 0.15) is 60.4 Å². The number of carbonyl (C=O) groups excluding carboxylic acids is 1. The van der Waals surface area contributed by atoms with E-state index < -0.39 is 21.2 Å². The maximum Gasteiger partial charge on any atom is 0.264 e. The third kappa shape index (κ3) is 5.99. The van der Waals surface area contributed by atoms with Crippen LogP contribution in [-0.4, -0.2) is 50.7 Å². The summed E-state index contributed by atoms with van der Waals surface area (Å²) < 4.78 is 31.9. The van der Waals surface area contributed by atoms with Crippen molar-refractivity contribution in [3.63, 3.8) is 0 Å². The number of ether oxygens (including phenoxy) is 1. The minimum atomic E-state index is -3.53. The van der Waals surface area contributed by atoms with Crippen LogP contribution in [0, 0.1) is 11.8 Å². The average molecular weight is 483 g/mol. The van der Waals surface area contributed by atoms with Gasteiger partial charge in [-0.05, 0) is 99.2 Å². The second kappa shape index (κ2) is 10.1. The van der Waals surface area contributed by atoms with Crippen LogP contribution >= 0.6 is 0 Å². The van der Waals surface area contributed by atoms with E-state index in [9.17, 15) is 13.2 Å². The summed E-state index contributed by atoms with van der Waals surface area (Å²) in [5.74, 6) is 2.62. The summed E-state index contributed by atoms with van der Waals surface area (Å²) in [4.78, 5) is 14.6. The quantitative estimate of drug-likeness (QED) is 0.550. The van der Waals surface area contributed by atoms with Gasteiger partial charge in [0.15, 0.2) is 0 Å². The van der Waals surface area contributed by atoms with Crippen LogP contribution in [0.4, 0.5) is 0 Å². The Morgan fingerprint density at radius 3 is 2.35 bits per heavy atom. The summed E-state index contributed by atoms with van der Waals surface area (Å²) in [6.45, 7) is 3.76. The topological polar surface area (TPSA) is 75.7 Å². The molecule has 5 rings (SSSR count). The fourth-order valence-corrected chi connectivity index (χ4v) is 6.44. The van der Waals surface area contributed by atoms with Crippen molar-refractivity contribution in [2.24, 2.45) is 11.8 Å². The molecule has 0 unspecified atom stereocenters. The number of hydrogen-bond donors (Lipinski definition) is 1. The Bertz CT molecular complexity index is 1080. The molecule has 0 spiro atoms. The zero-order valence-electron chi connectivity index (χ0n) is 19.6. The van der Waals surface area contributed by atoms with E-state index in [4.69, 9.17) is 4.74 Å². The Morgan fingerprint density at radius 1 is 0.971 bits per heavy atom. The second-order valence-electron chi connectivity index (χ2n) is 10.1. The molecule has 182 valence electrons. The second-order valence-corrected chi connectivity index (χ2v) is 12.0. The highest BCUT2D eigenvalue weighted by Gasteiger charge is 2.39. The number of benzene rings is 2. The van der Waals surface area contributed by atoms with E-state index in [0.717, 1.165) is 37.4 Å². The molecule has 2 atom stereocenters. The van der Waals surface area contributed by atoms with E-state index in [1.807, 2.05) is 0 Å². The fourth-order valence-electron chi connectivity index (χ4n) is 5.14. The Labute approximate surface area is 202 Å².